The van der Waals surface area contributed by atoms with E-state index in [9.17, 15) is 9.59 Å². The molecule has 1 unspecified atom stereocenters. The number of aromatic nitrogens is 1. The highest BCUT2D eigenvalue weighted by atomic mass is 16.2. The minimum Gasteiger partial charge on any atom is -0.356 e. The second kappa shape index (κ2) is 13.4. The predicted molar refractivity (Wildman–Crippen MR) is 137 cm³/mol. The number of hydrogen-bond donors (Lipinski definition) is 2. The van der Waals surface area contributed by atoms with Crippen LogP contribution in [-0.2, 0) is 22.7 Å². The molecule has 3 heterocycles. The van der Waals surface area contributed by atoms with Crippen molar-refractivity contribution in [2.45, 2.75) is 57.7 Å². The first kappa shape index (κ1) is 25.3. The molecule has 7 heteroatoms. The van der Waals surface area contributed by atoms with Crippen molar-refractivity contribution in [3.05, 3.63) is 66.0 Å². The fourth-order valence-corrected chi connectivity index (χ4v) is 5.11. The van der Waals surface area contributed by atoms with Gasteiger partial charge in [0.25, 0.3) is 0 Å². The topological polar surface area (TPSA) is 77.6 Å². The van der Waals surface area contributed by atoms with Crippen molar-refractivity contribution >= 4 is 11.8 Å². The van der Waals surface area contributed by atoms with Crippen LogP contribution in [0.15, 0.2) is 54.9 Å². The Bertz CT molecular complexity index is 915. The Balaban J connectivity index is 1.25. The van der Waals surface area contributed by atoms with Gasteiger partial charge in [0.05, 0.1) is 0 Å². The first-order valence-corrected chi connectivity index (χ1v) is 13.1. The lowest BCUT2D eigenvalue weighted by Gasteiger charge is -2.33. The van der Waals surface area contributed by atoms with Crippen LogP contribution in [0.1, 0.15) is 49.7 Å². The Morgan fingerprint density at radius 2 is 1.57 bits per heavy atom. The molecule has 7 nitrogen and oxygen atoms in total. The molecule has 2 amide bonds. The van der Waals surface area contributed by atoms with E-state index in [1.54, 1.807) is 12.4 Å². The van der Waals surface area contributed by atoms with E-state index in [2.05, 4.69) is 55.7 Å². The molecule has 2 fully saturated rings. The van der Waals surface area contributed by atoms with Crippen LogP contribution < -0.4 is 10.6 Å². The Labute approximate surface area is 209 Å². The van der Waals surface area contributed by atoms with Crippen LogP contribution in [0.5, 0.6) is 0 Å². The molecule has 0 aliphatic carbocycles. The summed E-state index contributed by atoms with van der Waals surface area (Å²) in [5, 5.41) is 6.36. The van der Waals surface area contributed by atoms with Crippen LogP contribution in [0.25, 0.3) is 0 Å². The molecule has 4 rings (SSSR count). The molecule has 2 aliphatic rings. The van der Waals surface area contributed by atoms with E-state index in [4.69, 9.17) is 0 Å². The number of nitrogens with zero attached hydrogens (tertiary/aromatic N) is 3. The molecule has 2 aromatic rings. The molecule has 1 aromatic heterocycles. The van der Waals surface area contributed by atoms with Crippen LogP contribution >= 0.6 is 0 Å². The Kier molecular flexibility index (Phi) is 9.66. The second-order valence-corrected chi connectivity index (χ2v) is 9.90. The number of rotatable bonds is 6. The minimum absolute atomic E-state index is 0.0569. The second-order valence-electron chi connectivity index (χ2n) is 9.90. The standard InChI is InChI=1S/C28H39N5O2/c34-27-13-20-32(22-24-8-14-29-15-9-24)17-4-7-25(10-16-30-27)28(35)31-26-11-18-33(19-12-26)21-23-5-2-1-3-6-23/h1-3,5-6,8-9,14-15,25-26H,4,7,10-13,16-22H2,(H,30,34)(H,31,35). The average Bonchev–Trinajstić information content (AvgIpc) is 2.92. The number of benzene rings is 1. The number of nitrogens with one attached hydrogen (secondary N) is 2. The van der Waals surface area contributed by atoms with Crippen molar-refractivity contribution < 1.29 is 9.59 Å². The van der Waals surface area contributed by atoms with Gasteiger partial charge in [0.2, 0.25) is 11.8 Å². The van der Waals surface area contributed by atoms with Gasteiger partial charge in [0.15, 0.2) is 0 Å². The number of hydrogen-bond acceptors (Lipinski definition) is 5. The molecule has 0 bridgehead atoms. The van der Waals surface area contributed by atoms with Gasteiger partial charge in [-0.1, -0.05) is 30.3 Å². The lowest BCUT2D eigenvalue weighted by Crippen LogP contribution is -2.46. The van der Waals surface area contributed by atoms with Crippen molar-refractivity contribution in [3.63, 3.8) is 0 Å². The monoisotopic (exact) mass is 477 g/mol. The summed E-state index contributed by atoms with van der Waals surface area (Å²) in [6.45, 7) is 5.96. The molecule has 2 saturated heterocycles. The number of piperidine rings is 1. The molecule has 1 aromatic carbocycles. The summed E-state index contributed by atoms with van der Waals surface area (Å²) in [7, 11) is 0. The highest BCUT2D eigenvalue weighted by Gasteiger charge is 2.25. The number of carbonyl (C=O) groups is 2. The van der Waals surface area contributed by atoms with Crippen molar-refractivity contribution in [2.24, 2.45) is 5.92 Å². The van der Waals surface area contributed by atoms with E-state index in [1.165, 1.54) is 11.1 Å². The van der Waals surface area contributed by atoms with E-state index in [0.717, 1.165) is 65.0 Å². The third-order valence-electron chi connectivity index (χ3n) is 7.21. The molecule has 2 aliphatic heterocycles. The van der Waals surface area contributed by atoms with Crippen LogP contribution in [-0.4, -0.2) is 65.4 Å². The molecule has 1 atom stereocenters. The first-order chi connectivity index (χ1) is 17.2. The number of amides is 2. The molecule has 0 saturated carbocycles. The summed E-state index contributed by atoms with van der Waals surface area (Å²) in [5.41, 5.74) is 2.54. The number of pyridine rings is 1. The van der Waals surface area contributed by atoms with E-state index in [1.807, 2.05) is 12.1 Å². The summed E-state index contributed by atoms with van der Waals surface area (Å²) in [6.07, 6.45) is 8.58. The third-order valence-corrected chi connectivity index (χ3v) is 7.21. The Hall–Kier alpha value is -2.77. The maximum atomic E-state index is 13.2. The summed E-state index contributed by atoms with van der Waals surface area (Å²) in [5.74, 6) is 0.163. The smallest absolute Gasteiger partial charge is 0.223 e. The van der Waals surface area contributed by atoms with Gasteiger partial charge in [0.1, 0.15) is 0 Å². The molecule has 0 radical (unpaired) electrons. The van der Waals surface area contributed by atoms with Gasteiger partial charge in [0, 0.05) is 70.0 Å². The van der Waals surface area contributed by atoms with Gasteiger partial charge < -0.3 is 10.6 Å². The van der Waals surface area contributed by atoms with Gasteiger partial charge in [-0.05, 0) is 61.9 Å². The van der Waals surface area contributed by atoms with E-state index in [0.29, 0.717) is 19.4 Å². The third kappa shape index (κ3) is 8.44. The van der Waals surface area contributed by atoms with E-state index >= 15 is 0 Å². The van der Waals surface area contributed by atoms with Gasteiger partial charge in [-0.25, -0.2) is 0 Å². The van der Waals surface area contributed by atoms with E-state index in [-0.39, 0.29) is 23.8 Å². The molecule has 35 heavy (non-hydrogen) atoms. The van der Waals surface area contributed by atoms with Gasteiger partial charge in [-0.2, -0.15) is 0 Å². The van der Waals surface area contributed by atoms with Crippen LogP contribution in [0.4, 0.5) is 0 Å². The Morgan fingerprint density at radius 1 is 0.886 bits per heavy atom. The van der Waals surface area contributed by atoms with Crippen molar-refractivity contribution in [1.29, 1.82) is 0 Å². The lowest BCUT2D eigenvalue weighted by molar-refractivity contribution is -0.127. The van der Waals surface area contributed by atoms with Gasteiger partial charge in [-0.15, -0.1) is 0 Å². The quantitative estimate of drug-likeness (QED) is 0.669. The molecular formula is C28H39N5O2. The molecular weight excluding hydrogens is 438 g/mol. The maximum Gasteiger partial charge on any atom is 0.223 e. The van der Waals surface area contributed by atoms with Crippen LogP contribution in [0.3, 0.4) is 0 Å². The first-order valence-electron chi connectivity index (χ1n) is 13.1. The van der Waals surface area contributed by atoms with Crippen molar-refractivity contribution in [2.75, 3.05) is 32.7 Å². The van der Waals surface area contributed by atoms with E-state index < -0.39 is 0 Å². The zero-order valence-corrected chi connectivity index (χ0v) is 20.7. The fraction of sp³-hybridized carbons (Fsp3) is 0.536. The van der Waals surface area contributed by atoms with Gasteiger partial charge >= 0.3 is 0 Å². The Morgan fingerprint density at radius 3 is 2.31 bits per heavy atom. The molecule has 188 valence electrons. The number of likely N-dealkylation sites (tertiary alicyclic amines) is 1. The number of carbonyl (C=O) groups excluding carboxylic acids is 2. The SMILES string of the molecule is O=C1CCN(Cc2ccncc2)CCCC(C(=O)NC2CCN(Cc3ccccc3)CC2)CCN1. The van der Waals surface area contributed by atoms with Gasteiger partial charge in [-0.3, -0.25) is 24.4 Å². The minimum atomic E-state index is -0.0569. The maximum absolute atomic E-state index is 13.2. The highest BCUT2D eigenvalue weighted by molar-refractivity contribution is 5.79. The average molecular weight is 478 g/mol. The summed E-state index contributed by atoms with van der Waals surface area (Å²) in [6, 6.07) is 14.9. The molecule has 0 spiro atoms. The summed E-state index contributed by atoms with van der Waals surface area (Å²) in [4.78, 5) is 34.4. The highest BCUT2D eigenvalue weighted by Crippen LogP contribution is 2.18. The fourth-order valence-electron chi connectivity index (χ4n) is 5.11. The zero-order chi connectivity index (χ0) is 24.3. The van der Waals surface area contributed by atoms with Crippen LogP contribution in [0, 0.1) is 5.92 Å². The van der Waals surface area contributed by atoms with Crippen molar-refractivity contribution in [3.8, 4) is 0 Å². The summed E-state index contributed by atoms with van der Waals surface area (Å²) < 4.78 is 0. The zero-order valence-electron chi connectivity index (χ0n) is 20.7. The lowest BCUT2D eigenvalue weighted by atomic mass is 9.96. The van der Waals surface area contributed by atoms with Crippen molar-refractivity contribution in [1.82, 2.24) is 25.4 Å². The van der Waals surface area contributed by atoms with Crippen LogP contribution in [0.2, 0.25) is 0 Å². The molecule has 2 N–H and O–H groups in total. The largest absolute Gasteiger partial charge is 0.356 e. The normalized spacial score (nSPS) is 21.6. The summed E-state index contributed by atoms with van der Waals surface area (Å²) >= 11 is 0. The predicted octanol–water partition coefficient (Wildman–Crippen LogP) is 2.97.